The minimum absolute atomic E-state index is 0.0237. The molecule has 0 aliphatic heterocycles. The van der Waals surface area contributed by atoms with Gasteiger partial charge in [-0.05, 0) is 0 Å². The molecule has 0 amide bonds. The average Bonchev–Trinajstić information content (AvgIpc) is 1.68. The number of halogens is 1. The number of diazo groups is 1. The summed E-state index contributed by atoms with van der Waals surface area (Å²) in [5.74, 6) is -0.173. The summed E-state index contributed by atoms with van der Waals surface area (Å²) >= 11 is 5.04. The lowest BCUT2D eigenvalue weighted by Gasteiger charge is -1.75. The Hall–Kier alpha value is -0.750. The summed E-state index contributed by atoms with van der Waals surface area (Å²) in [6.07, 6.45) is 0.868. The molecule has 1 N–H and O–H groups in total. The number of hydrogen-bond acceptors (Lipinski definition) is 2. The van der Waals surface area contributed by atoms with Crippen molar-refractivity contribution in [2.45, 2.75) is 0 Å². The maximum absolute atomic E-state index is 8.33. The van der Waals surface area contributed by atoms with Crippen molar-refractivity contribution in [3.63, 3.8) is 0 Å². The van der Waals surface area contributed by atoms with Gasteiger partial charge in [0.15, 0.2) is 10.7 Å². The molecule has 0 aliphatic rings. The number of aliphatic hydroxyl groups is 1. The van der Waals surface area contributed by atoms with E-state index in [1.54, 1.807) is 0 Å². The zero-order chi connectivity index (χ0) is 5.70. The molecule has 0 atom stereocenters. The van der Waals surface area contributed by atoms with Gasteiger partial charge in [-0.1, -0.05) is 0 Å². The molecular weight excluding hydrogens is 116 g/mol. The topological polar surface area (TPSA) is 48.4 Å². The van der Waals surface area contributed by atoms with Gasteiger partial charge in [0.05, 0.1) is 5.88 Å². The molecule has 0 fully saturated rings. The molecule has 0 radical (unpaired) electrons. The Morgan fingerprint density at radius 1 is 2.00 bits per heavy atom. The van der Waals surface area contributed by atoms with E-state index in [1.807, 2.05) is 0 Å². The third kappa shape index (κ3) is 3.07. The molecular formula is C3H4ClN2O+. The smallest absolute Gasteiger partial charge is 0.388 e. The Morgan fingerprint density at radius 2 is 2.57 bits per heavy atom. The van der Waals surface area contributed by atoms with Gasteiger partial charge in [0, 0.05) is 0 Å². The average molecular weight is 121 g/mol. The molecule has 0 saturated heterocycles. The van der Waals surface area contributed by atoms with Crippen LogP contribution in [0.25, 0.3) is 4.98 Å². The van der Waals surface area contributed by atoms with Gasteiger partial charge < -0.3 is 5.11 Å². The minimum Gasteiger partial charge on any atom is -0.505 e. The second kappa shape index (κ2) is 3.44. The standard InChI is InChI=1S/C3H3ClN2O/c4-1-3(7)2-6-5/h2H,1H2/p+1/b3-2-/i3+1. The molecule has 0 bridgehead atoms. The van der Waals surface area contributed by atoms with E-state index in [2.05, 4.69) is 4.98 Å². The summed E-state index contributed by atoms with van der Waals surface area (Å²) < 4.78 is 0. The van der Waals surface area contributed by atoms with Crippen molar-refractivity contribution in [2.75, 3.05) is 5.88 Å². The second-order valence-electron chi connectivity index (χ2n) is 0.870. The van der Waals surface area contributed by atoms with Gasteiger partial charge in [0.25, 0.3) is 0 Å². The first kappa shape index (κ1) is 6.25. The van der Waals surface area contributed by atoms with E-state index in [0.717, 1.165) is 6.20 Å². The predicted octanol–water partition coefficient (Wildman–Crippen LogP) is 1.48. The Kier molecular flexibility index (Phi) is 3.07. The monoisotopic (exact) mass is 120 g/mol. The van der Waals surface area contributed by atoms with Crippen LogP contribution in [-0.2, 0) is 0 Å². The Morgan fingerprint density at radius 3 is 2.71 bits per heavy atom. The van der Waals surface area contributed by atoms with Gasteiger partial charge in [-0.3, -0.25) is 0 Å². The molecule has 0 aromatic heterocycles. The van der Waals surface area contributed by atoms with Crippen LogP contribution >= 0.6 is 11.6 Å². The molecule has 0 spiro atoms. The Bertz CT molecular complexity index is 115. The van der Waals surface area contributed by atoms with Crippen molar-refractivity contribution < 1.29 is 5.11 Å². The van der Waals surface area contributed by atoms with Crippen molar-refractivity contribution in [1.29, 1.82) is 5.39 Å². The van der Waals surface area contributed by atoms with Crippen LogP contribution in [0.4, 0.5) is 0 Å². The summed E-state index contributed by atoms with van der Waals surface area (Å²) in [5, 5.41) is 16.0. The molecule has 0 aromatic rings. The molecule has 38 valence electrons. The molecule has 3 nitrogen and oxygen atoms in total. The maximum atomic E-state index is 8.33. The molecule has 0 unspecified atom stereocenters. The van der Waals surface area contributed by atoms with Crippen LogP contribution < -0.4 is 0 Å². The number of aliphatic hydroxyl groups excluding tert-OH is 1. The fourth-order valence-corrected chi connectivity index (χ4v) is 0.170. The number of rotatable bonds is 1. The molecule has 4 heteroatoms. The molecule has 0 rings (SSSR count). The van der Waals surface area contributed by atoms with Gasteiger partial charge in [0.2, 0.25) is 5.39 Å². The number of hydrogen-bond donors (Lipinski definition) is 1. The third-order valence-corrected chi connectivity index (χ3v) is 0.617. The van der Waals surface area contributed by atoms with Crippen molar-refractivity contribution in [1.82, 2.24) is 0 Å². The Labute approximate surface area is 45.8 Å². The number of allylic oxidation sites excluding steroid dienone is 1. The largest absolute Gasteiger partial charge is 0.505 e. The van der Waals surface area contributed by atoms with Crippen molar-refractivity contribution in [3.8, 4) is 0 Å². The zero-order valence-corrected chi connectivity index (χ0v) is 4.26. The summed E-state index contributed by atoms with van der Waals surface area (Å²) in [5.41, 5.74) is 0. The summed E-state index contributed by atoms with van der Waals surface area (Å²) in [7, 11) is 0. The fraction of sp³-hybridized carbons (Fsp3) is 0.333. The van der Waals surface area contributed by atoms with Crippen molar-refractivity contribution >= 4 is 11.6 Å². The van der Waals surface area contributed by atoms with E-state index in [1.165, 1.54) is 0 Å². The van der Waals surface area contributed by atoms with Crippen LogP contribution in [0.3, 0.4) is 0 Å². The fourth-order valence-electron chi connectivity index (χ4n) is 0.101. The first-order valence-electron chi connectivity index (χ1n) is 1.59. The van der Waals surface area contributed by atoms with Gasteiger partial charge in [-0.15, -0.1) is 11.6 Å². The maximum Gasteiger partial charge on any atom is 0.388 e. The van der Waals surface area contributed by atoms with E-state index in [9.17, 15) is 0 Å². The van der Waals surface area contributed by atoms with Crippen LogP contribution in [0.15, 0.2) is 12.0 Å². The normalized spacial score (nSPS) is 10.6. The second-order valence-corrected chi connectivity index (χ2v) is 1.14. The Balaban J connectivity index is 3.56. The highest BCUT2D eigenvalue weighted by Gasteiger charge is 1.92. The van der Waals surface area contributed by atoms with Gasteiger partial charge in [-0.2, -0.15) is 0 Å². The van der Waals surface area contributed by atoms with E-state index in [4.69, 9.17) is 22.1 Å². The summed E-state index contributed by atoms with van der Waals surface area (Å²) in [6, 6.07) is 0. The van der Waals surface area contributed by atoms with Crippen LogP contribution in [0, 0.1) is 5.39 Å². The molecule has 0 saturated carbocycles. The highest BCUT2D eigenvalue weighted by molar-refractivity contribution is 6.19. The van der Waals surface area contributed by atoms with E-state index < -0.39 is 0 Å². The first-order chi connectivity index (χ1) is 3.31. The van der Waals surface area contributed by atoms with E-state index in [0.29, 0.717) is 0 Å². The SMILES string of the molecule is N#[N+]/C=[13C](\O)CCl. The van der Waals surface area contributed by atoms with Crippen LogP contribution in [0.2, 0.25) is 0 Å². The van der Waals surface area contributed by atoms with Crippen LogP contribution in [0.1, 0.15) is 0 Å². The highest BCUT2D eigenvalue weighted by Crippen LogP contribution is 1.89. The van der Waals surface area contributed by atoms with Gasteiger partial charge >= 0.3 is 6.20 Å². The molecule has 0 aliphatic carbocycles. The van der Waals surface area contributed by atoms with E-state index >= 15 is 0 Å². The van der Waals surface area contributed by atoms with Crippen molar-refractivity contribution in [2.24, 2.45) is 0 Å². The van der Waals surface area contributed by atoms with Gasteiger partial charge in [0.1, 0.15) is 0 Å². The molecule has 0 aromatic carbocycles. The number of alkyl halides is 1. The quantitative estimate of drug-likeness (QED) is 0.247. The molecule has 7 heavy (non-hydrogen) atoms. The molecule has 0 heterocycles. The highest BCUT2D eigenvalue weighted by atomic mass is 35.5. The van der Waals surface area contributed by atoms with Crippen LogP contribution in [-0.4, -0.2) is 11.0 Å². The van der Waals surface area contributed by atoms with Gasteiger partial charge in [-0.25, -0.2) is 0 Å². The zero-order valence-electron chi connectivity index (χ0n) is 3.50. The van der Waals surface area contributed by atoms with Crippen LogP contribution in [0.5, 0.6) is 0 Å². The first-order valence-corrected chi connectivity index (χ1v) is 2.13. The third-order valence-electron chi connectivity index (χ3n) is 0.344. The lowest BCUT2D eigenvalue weighted by molar-refractivity contribution is 0.416. The lowest BCUT2D eigenvalue weighted by Crippen LogP contribution is -1.76. The lowest BCUT2D eigenvalue weighted by atomic mass is 11.0. The van der Waals surface area contributed by atoms with E-state index in [-0.39, 0.29) is 11.6 Å². The predicted molar refractivity (Wildman–Crippen MR) is 26.5 cm³/mol. The summed E-state index contributed by atoms with van der Waals surface area (Å²) in [4.78, 5) is 2.51. The number of nitrogens with zero attached hydrogens (tertiary/aromatic N) is 2. The summed E-state index contributed by atoms with van der Waals surface area (Å²) in [6.45, 7) is 0. The van der Waals surface area contributed by atoms with Crippen molar-refractivity contribution in [3.05, 3.63) is 16.9 Å². The minimum atomic E-state index is -0.149.